The van der Waals surface area contributed by atoms with Crippen LogP contribution < -0.4 is 18.9 Å². The average Bonchev–Trinajstić information content (AvgIpc) is 2.98. The maximum Gasteiger partial charge on any atom is 0.343 e. The zero-order chi connectivity index (χ0) is 29.2. The van der Waals surface area contributed by atoms with Gasteiger partial charge in [0.1, 0.15) is 23.0 Å². The Morgan fingerprint density at radius 1 is 0.512 bits per heavy atom. The van der Waals surface area contributed by atoms with Crippen molar-refractivity contribution in [3.05, 3.63) is 128 Å². The summed E-state index contributed by atoms with van der Waals surface area (Å²) in [6, 6.07) is 23.1. The summed E-state index contributed by atoms with van der Waals surface area (Å²) >= 11 is 0. The fourth-order valence-corrected chi connectivity index (χ4v) is 3.42. The third-order valence-electron chi connectivity index (χ3n) is 5.52. The average molecular weight is 558 g/mol. The lowest BCUT2D eigenvalue weighted by Gasteiger charge is -2.09. The number of nitro groups is 2. The molecule has 41 heavy (non-hydrogen) atoms. The Morgan fingerprint density at radius 3 is 1.15 bits per heavy atom. The van der Waals surface area contributed by atoms with Crippen molar-refractivity contribution in [1.29, 1.82) is 0 Å². The molecule has 4 rings (SSSR count). The van der Waals surface area contributed by atoms with E-state index in [4.69, 9.17) is 18.9 Å². The molecule has 0 atom stereocenters. The number of hydrogen-bond acceptors (Lipinski definition) is 10. The van der Waals surface area contributed by atoms with E-state index in [1.165, 1.54) is 48.5 Å². The maximum atomic E-state index is 12.3. The normalized spacial score (nSPS) is 10.3. The number of nitrogens with zero attached hydrogens (tertiary/aromatic N) is 2. The van der Waals surface area contributed by atoms with E-state index < -0.39 is 21.8 Å². The van der Waals surface area contributed by atoms with Crippen LogP contribution in [-0.2, 0) is 0 Å². The standard InChI is InChI=1S/C29H22N2O10/c32-28(40-26-14-6-22(7-15-26)30(34)35)20-2-10-24(11-3-20)38-18-1-19-39-25-12-4-21(5-13-25)29(33)41-27-16-8-23(9-17-27)31(36)37/h2-17H,1,18-19H2. The number of carbonyl (C=O) groups excluding carboxylic acids is 2. The van der Waals surface area contributed by atoms with Gasteiger partial charge >= 0.3 is 11.9 Å². The summed E-state index contributed by atoms with van der Waals surface area (Å²) in [4.78, 5) is 44.9. The van der Waals surface area contributed by atoms with E-state index in [-0.39, 0.29) is 22.9 Å². The number of carbonyl (C=O) groups is 2. The van der Waals surface area contributed by atoms with Crippen molar-refractivity contribution in [1.82, 2.24) is 0 Å². The third kappa shape index (κ3) is 8.10. The van der Waals surface area contributed by atoms with E-state index in [0.717, 1.165) is 0 Å². The first-order valence-electron chi connectivity index (χ1n) is 12.2. The SMILES string of the molecule is O=C(Oc1ccc([N+](=O)[O-])cc1)c1ccc(OCCCOc2ccc(C(=O)Oc3ccc([N+](=O)[O-])cc3)cc2)cc1. The van der Waals surface area contributed by atoms with Gasteiger partial charge in [-0.3, -0.25) is 20.2 Å². The summed E-state index contributed by atoms with van der Waals surface area (Å²) < 4.78 is 21.8. The molecule has 0 aliphatic carbocycles. The molecule has 12 nitrogen and oxygen atoms in total. The van der Waals surface area contributed by atoms with E-state index in [1.54, 1.807) is 48.5 Å². The van der Waals surface area contributed by atoms with Crippen molar-refractivity contribution in [2.24, 2.45) is 0 Å². The number of non-ortho nitro benzene ring substituents is 2. The molecule has 0 aromatic heterocycles. The molecule has 208 valence electrons. The van der Waals surface area contributed by atoms with Crippen LogP contribution in [0.1, 0.15) is 27.1 Å². The number of nitro benzene ring substituents is 2. The molecule has 0 aliphatic heterocycles. The lowest BCUT2D eigenvalue weighted by atomic mass is 10.2. The highest BCUT2D eigenvalue weighted by Crippen LogP contribution is 2.21. The molecule has 4 aromatic carbocycles. The van der Waals surface area contributed by atoms with Gasteiger partial charge < -0.3 is 18.9 Å². The molecule has 0 heterocycles. The quantitative estimate of drug-likeness (QED) is 0.0685. The van der Waals surface area contributed by atoms with Gasteiger partial charge in [-0.1, -0.05) is 0 Å². The Bertz CT molecular complexity index is 1400. The van der Waals surface area contributed by atoms with Gasteiger partial charge in [0, 0.05) is 30.7 Å². The number of hydrogen-bond donors (Lipinski definition) is 0. The van der Waals surface area contributed by atoms with Crippen molar-refractivity contribution in [2.45, 2.75) is 6.42 Å². The van der Waals surface area contributed by atoms with Gasteiger partial charge in [0.2, 0.25) is 0 Å². The van der Waals surface area contributed by atoms with Crippen molar-refractivity contribution in [3.8, 4) is 23.0 Å². The van der Waals surface area contributed by atoms with E-state index in [1.807, 2.05) is 0 Å². The molecule has 0 spiro atoms. The first kappa shape index (κ1) is 28.2. The minimum absolute atomic E-state index is 0.102. The third-order valence-corrected chi connectivity index (χ3v) is 5.52. The molecule has 4 aromatic rings. The highest BCUT2D eigenvalue weighted by molar-refractivity contribution is 5.91. The van der Waals surface area contributed by atoms with Crippen LogP contribution in [0.4, 0.5) is 11.4 Å². The van der Waals surface area contributed by atoms with Crippen molar-refractivity contribution in [3.63, 3.8) is 0 Å². The van der Waals surface area contributed by atoms with Gasteiger partial charge in [0.05, 0.1) is 34.2 Å². The molecule has 0 bridgehead atoms. The van der Waals surface area contributed by atoms with Crippen molar-refractivity contribution in [2.75, 3.05) is 13.2 Å². The molecule has 0 unspecified atom stereocenters. The van der Waals surface area contributed by atoms with Gasteiger partial charge in [0.25, 0.3) is 11.4 Å². The predicted molar refractivity (Wildman–Crippen MR) is 145 cm³/mol. The molecular formula is C29H22N2O10. The Hall–Kier alpha value is -5.78. The number of ether oxygens (including phenoxy) is 4. The van der Waals surface area contributed by atoms with Gasteiger partial charge in [-0.05, 0) is 72.8 Å². The molecule has 0 amide bonds. The Labute approximate surface area is 233 Å². The van der Waals surface area contributed by atoms with E-state index >= 15 is 0 Å². The second kappa shape index (κ2) is 13.3. The first-order chi connectivity index (χ1) is 19.8. The summed E-state index contributed by atoms with van der Waals surface area (Å²) in [7, 11) is 0. The van der Waals surface area contributed by atoms with E-state index in [0.29, 0.717) is 42.3 Å². The van der Waals surface area contributed by atoms with Crippen LogP contribution in [0.5, 0.6) is 23.0 Å². The van der Waals surface area contributed by atoms with Gasteiger partial charge in [-0.25, -0.2) is 9.59 Å². The fraction of sp³-hybridized carbons (Fsp3) is 0.103. The topological polar surface area (TPSA) is 157 Å². The van der Waals surface area contributed by atoms with E-state index in [2.05, 4.69) is 0 Å². The summed E-state index contributed by atoms with van der Waals surface area (Å²) in [6.07, 6.45) is 0.563. The van der Waals surface area contributed by atoms with Crippen LogP contribution in [-0.4, -0.2) is 35.0 Å². The Balaban J connectivity index is 1.16. The van der Waals surface area contributed by atoms with Crippen LogP contribution in [0.3, 0.4) is 0 Å². The summed E-state index contributed by atoms with van der Waals surface area (Å²) in [5, 5.41) is 21.4. The Kier molecular flexibility index (Phi) is 9.18. The smallest absolute Gasteiger partial charge is 0.343 e. The largest absolute Gasteiger partial charge is 0.493 e. The zero-order valence-corrected chi connectivity index (χ0v) is 21.3. The number of benzene rings is 4. The molecule has 0 saturated heterocycles. The second-order valence-electron chi connectivity index (χ2n) is 8.38. The van der Waals surface area contributed by atoms with Gasteiger partial charge in [0.15, 0.2) is 0 Å². The van der Waals surface area contributed by atoms with Crippen LogP contribution >= 0.6 is 0 Å². The second-order valence-corrected chi connectivity index (χ2v) is 8.38. The summed E-state index contributed by atoms with van der Waals surface area (Å²) in [5.41, 5.74) is 0.378. The first-order valence-corrected chi connectivity index (χ1v) is 12.2. The van der Waals surface area contributed by atoms with Crippen LogP contribution in [0.2, 0.25) is 0 Å². The highest BCUT2D eigenvalue weighted by Gasteiger charge is 2.12. The summed E-state index contributed by atoms with van der Waals surface area (Å²) in [6.45, 7) is 0.707. The number of rotatable bonds is 12. The minimum atomic E-state index is -0.607. The molecule has 0 aliphatic rings. The van der Waals surface area contributed by atoms with Gasteiger partial charge in [-0.15, -0.1) is 0 Å². The lowest BCUT2D eigenvalue weighted by molar-refractivity contribution is -0.385. The summed E-state index contributed by atoms with van der Waals surface area (Å²) in [5.74, 6) is 0.268. The van der Waals surface area contributed by atoms with Crippen molar-refractivity contribution < 1.29 is 38.4 Å². The minimum Gasteiger partial charge on any atom is -0.493 e. The highest BCUT2D eigenvalue weighted by atomic mass is 16.6. The van der Waals surface area contributed by atoms with Crippen molar-refractivity contribution >= 4 is 23.3 Å². The monoisotopic (exact) mass is 558 g/mol. The molecular weight excluding hydrogens is 536 g/mol. The van der Waals surface area contributed by atoms with Crippen LogP contribution in [0, 0.1) is 20.2 Å². The lowest BCUT2D eigenvalue weighted by Crippen LogP contribution is -2.09. The van der Waals surface area contributed by atoms with E-state index in [9.17, 15) is 29.8 Å². The predicted octanol–water partition coefficient (Wildman–Crippen LogP) is 5.79. The van der Waals surface area contributed by atoms with Gasteiger partial charge in [-0.2, -0.15) is 0 Å². The molecule has 0 saturated carbocycles. The molecule has 12 heteroatoms. The van der Waals surface area contributed by atoms with Crippen LogP contribution in [0.15, 0.2) is 97.1 Å². The molecule has 0 radical (unpaired) electrons. The van der Waals surface area contributed by atoms with Crippen LogP contribution in [0.25, 0.3) is 0 Å². The molecule has 0 N–H and O–H groups in total. The zero-order valence-electron chi connectivity index (χ0n) is 21.3. The number of esters is 2. The fourth-order valence-electron chi connectivity index (χ4n) is 3.42. The Morgan fingerprint density at radius 2 is 0.829 bits per heavy atom. The molecule has 0 fully saturated rings. The maximum absolute atomic E-state index is 12.3.